The third-order valence-electron chi connectivity index (χ3n) is 4.10. The summed E-state index contributed by atoms with van der Waals surface area (Å²) in [5, 5.41) is 0. The predicted octanol–water partition coefficient (Wildman–Crippen LogP) is 4.16. The SMILES string of the molecule is Cc1cc(Br)ccc1-c1nc(NN)cc(C2CCCC2)n1. The molecule has 0 amide bonds. The number of nitrogens with one attached hydrogen (secondary N) is 1. The molecule has 1 fully saturated rings. The highest BCUT2D eigenvalue weighted by atomic mass is 79.9. The van der Waals surface area contributed by atoms with Crippen LogP contribution in [0.5, 0.6) is 0 Å². The van der Waals surface area contributed by atoms with Gasteiger partial charge in [-0.25, -0.2) is 15.8 Å². The van der Waals surface area contributed by atoms with E-state index in [1.54, 1.807) is 0 Å². The van der Waals surface area contributed by atoms with Crippen LogP contribution in [0.2, 0.25) is 0 Å². The summed E-state index contributed by atoms with van der Waals surface area (Å²) >= 11 is 3.49. The van der Waals surface area contributed by atoms with Crippen molar-refractivity contribution in [1.29, 1.82) is 0 Å². The number of rotatable bonds is 3. The lowest BCUT2D eigenvalue weighted by Gasteiger charge is -2.13. The van der Waals surface area contributed by atoms with Gasteiger partial charge in [-0.3, -0.25) is 0 Å². The Hall–Kier alpha value is -1.46. The van der Waals surface area contributed by atoms with Crippen molar-refractivity contribution in [3.63, 3.8) is 0 Å². The Morgan fingerprint density at radius 2 is 1.95 bits per heavy atom. The highest BCUT2D eigenvalue weighted by Crippen LogP contribution is 2.35. The van der Waals surface area contributed by atoms with Crippen molar-refractivity contribution in [2.24, 2.45) is 5.84 Å². The molecule has 3 rings (SSSR count). The molecule has 1 aliphatic carbocycles. The van der Waals surface area contributed by atoms with E-state index in [1.807, 2.05) is 18.2 Å². The molecule has 2 aromatic rings. The number of benzene rings is 1. The molecule has 0 spiro atoms. The largest absolute Gasteiger partial charge is 0.308 e. The van der Waals surface area contributed by atoms with Crippen LogP contribution in [0.25, 0.3) is 11.4 Å². The topological polar surface area (TPSA) is 63.8 Å². The number of nitrogens with two attached hydrogens (primary N) is 1. The van der Waals surface area contributed by atoms with Gasteiger partial charge in [0, 0.05) is 27.7 Å². The van der Waals surface area contributed by atoms with Crippen LogP contribution in [0.1, 0.15) is 42.9 Å². The minimum absolute atomic E-state index is 0.537. The van der Waals surface area contributed by atoms with Gasteiger partial charge in [0.2, 0.25) is 0 Å². The molecule has 0 aliphatic heterocycles. The molecule has 1 aromatic heterocycles. The molecule has 0 unspecified atom stereocenters. The summed E-state index contributed by atoms with van der Waals surface area (Å²) in [6.07, 6.45) is 4.99. The summed E-state index contributed by atoms with van der Waals surface area (Å²) in [5.74, 6) is 7.55. The average molecular weight is 347 g/mol. The van der Waals surface area contributed by atoms with Gasteiger partial charge in [0.05, 0.1) is 0 Å². The number of halogens is 1. The van der Waals surface area contributed by atoms with E-state index in [0.717, 1.165) is 27.1 Å². The summed E-state index contributed by atoms with van der Waals surface area (Å²) in [6, 6.07) is 8.13. The number of hydrogen-bond donors (Lipinski definition) is 2. The van der Waals surface area contributed by atoms with Gasteiger partial charge < -0.3 is 5.43 Å². The van der Waals surface area contributed by atoms with Gasteiger partial charge in [-0.05, 0) is 43.5 Å². The average Bonchev–Trinajstić information content (AvgIpc) is 3.01. The first-order valence-corrected chi connectivity index (χ1v) is 8.09. The minimum Gasteiger partial charge on any atom is -0.308 e. The summed E-state index contributed by atoms with van der Waals surface area (Å²) < 4.78 is 1.06. The van der Waals surface area contributed by atoms with E-state index in [9.17, 15) is 0 Å². The van der Waals surface area contributed by atoms with Crippen LogP contribution >= 0.6 is 15.9 Å². The molecule has 0 saturated heterocycles. The second-order valence-corrected chi connectivity index (χ2v) is 6.50. The van der Waals surface area contributed by atoms with Gasteiger partial charge in [-0.2, -0.15) is 0 Å². The van der Waals surface area contributed by atoms with Gasteiger partial charge >= 0.3 is 0 Å². The lowest BCUT2D eigenvalue weighted by molar-refractivity contribution is 0.695. The van der Waals surface area contributed by atoms with E-state index in [2.05, 4.69) is 39.3 Å². The molecule has 5 heteroatoms. The normalized spacial score (nSPS) is 15.4. The van der Waals surface area contributed by atoms with Gasteiger partial charge in [0.25, 0.3) is 0 Å². The lowest BCUT2D eigenvalue weighted by Crippen LogP contribution is -2.11. The number of aryl methyl sites for hydroxylation is 1. The van der Waals surface area contributed by atoms with Gasteiger partial charge in [0.1, 0.15) is 5.82 Å². The number of nitrogen functional groups attached to an aromatic ring is 1. The fourth-order valence-corrected chi connectivity index (χ4v) is 3.44. The van der Waals surface area contributed by atoms with Crippen molar-refractivity contribution in [2.75, 3.05) is 5.43 Å². The molecule has 1 aromatic carbocycles. The predicted molar refractivity (Wildman–Crippen MR) is 88.9 cm³/mol. The summed E-state index contributed by atoms with van der Waals surface area (Å²) in [5.41, 5.74) is 5.98. The Kier molecular flexibility index (Phi) is 4.22. The smallest absolute Gasteiger partial charge is 0.162 e. The maximum atomic E-state index is 5.58. The van der Waals surface area contributed by atoms with Crippen LogP contribution in [-0.4, -0.2) is 9.97 Å². The molecule has 0 radical (unpaired) electrons. The first-order chi connectivity index (χ1) is 10.2. The fourth-order valence-electron chi connectivity index (χ4n) is 2.97. The molecular weight excluding hydrogens is 328 g/mol. The van der Waals surface area contributed by atoms with Gasteiger partial charge in [0.15, 0.2) is 5.82 Å². The van der Waals surface area contributed by atoms with Crippen molar-refractivity contribution in [3.05, 3.63) is 40.0 Å². The Morgan fingerprint density at radius 1 is 1.19 bits per heavy atom. The highest BCUT2D eigenvalue weighted by Gasteiger charge is 2.20. The zero-order valence-corrected chi connectivity index (χ0v) is 13.7. The number of hydrazine groups is 1. The van der Waals surface area contributed by atoms with E-state index in [1.165, 1.54) is 25.7 Å². The van der Waals surface area contributed by atoms with Crippen molar-refractivity contribution in [3.8, 4) is 11.4 Å². The first kappa shape index (κ1) is 14.5. The van der Waals surface area contributed by atoms with Crippen molar-refractivity contribution in [1.82, 2.24) is 9.97 Å². The zero-order valence-electron chi connectivity index (χ0n) is 12.1. The second-order valence-electron chi connectivity index (χ2n) is 5.59. The van der Waals surface area contributed by atoms with Gasteiger partial charge in [-0.1, -0.05) is 28.8 Å². The fraction of sp³-hybridized carbons (Fsp3) is 0.375. The van der Waals surface area contributed by atoms with Crippen LogP contribution in [-0.2, 0) is 0 Å². The van der Waals surface area contributed by atoms with E-state index in [0.29, 0.717) is 11.7 Å². The van der Waals surface area contributed by atoms with Crippen LogP contribution < -0.4 is 11.3 Å². The van der Waals surface area contributed by atoms with Crippen molar-refractivity contribution >= 4 is 21.7 Å². The van der Waals surface area contributed by atoms with Crippen molar-refractivity contribution < 1.29 is 0 Å². The second kappa shape index (κ2) is 6.12. The lowest BCUT2D eigenvalue weighted by atomic mass is 10.0. The molecule has 21 heavy (non-hydrogen) atoms. The van der Waals surface area contributed by atoms with Crippen molar-refractivity contribution in [2.45, 2.75) is 38.5 Å². The Balaban J connectivity index is 2.06. The molecule has 1 aliphatic rings. The first-order valence-electron chi connectivity index (χ1n) is 7.29. The molecule has 1 saturated carbocycles. The van der Waals surface area contributed by atoms with Gasteiger partial charge in [-0.15, -0.1) is 0 Å². The van der Waals surface area contributed by atoms with E-state index < -0.39 is 0 Å². The standard InChI is InChI=1S/C16H19BrN4/c1-10-8-12(17)6-7-13(10)16-19-14(9-15(20-16)21-18)11-4-2-3-5-11/h6-9,11H,2-5,18H2,1H3,(H,19,20,21). The van der Waals surface area contributed by atoms with Crippen LogP contribution in [0.3, 0.4) is 0 Å². The maximum Gasteiger partial charge on any atom is 0.162 e. The monoisotopic (exact) mass is 346 g/mol. The third-order valence-corrected chi connectivity index (χ3v) is 4.59. The molecule has 0 bridgehead atoms. The molecule has 1 heterocycles. The van der Waals surface area contributed by atoms with E-state index >= 15 is 0 Å². The van der Waals surface area contributed by atoms with Crippen LogP contribution in [0.4, 0.5) is 5.82 Å². The summed E-state index contributed by atoms with van der Waals surface area (Å²) in [6.45, 7) is 2.07. The number of nitrogens with zero attached hydrogens (tertiary/aromatic N) is 2. The molecule has 4 nitrogen and oxygen atoms in total. The Labute approximate surface area is 133 Å². The van der Waals surface area contributed by atoms with Crippen LogP contribution in [0.15, 0.2) is 28.7 Å². The number of aromatic nitrogens is 2. The summed E-state index contributed by atoms with van der Waals surface area (Å²) in [7, 11) is 0. The van der Waals surface area contributed by atoms with E-state index in [4.69, 9.17) is 10.8 Å². The Bertz CT molecular complexity index is 651. The van der Waals surface area contributed by atoms with E-state index in [-0.39, 0.29) is 0 Å². The molecule has 3 N–H and O–H groups in total. The molecular formula is C16H19BrN4. The summed E-state index contributed by atoms with van der Waals surface area (Å²) in [4.78, 5) is 9.32. The zero-order chi connectivity index (χ0) is 14.8. The minimum atomic E-state index is 0.537. The number of hydrogen-bond acceptors (Lipinski definition) is 4. The molecule has 110 valence electrons. The number of anilines is 1. The van der Waals surface area contributed by atoms with Crippen LogP contribution in [0, 0.1) is 6.92 Å². The quantitative estimate of drug-likeness (QED) is 0.646. The molecule has 0 atom stereocenters. The third kappa shape index (κ3) is 3.09. The highest BCUT2D eigenvalue weighted by molar-refractivity contribution is 9.10. The maximum absolute atomic E-state index is 5.58. The Morgan fingerprint density at radius 3 is 2.62 bits per heavy atom.